The molecule has 0 spiro atoms. The number of rotatable bonds is 4. The highest BCUT2D eigenvalue weighted by molar-refractivity contribution is 7.10. The molecule has 0 bridgehead atoms. The Kier molecular flexibility index (Phi) is 4.13. The number of nitrogens with two attached hydrogens (primary N) is 1. The second-order valence-electron chi connectivity index (χ2n) is 5.19. The van der Waals surface area contributed by atoms with E-state index in [0.29, 0.717) is 6.54 Å². The molecular formula is C18H18N2S. The molecule has 2 nitrogen and oxygen atoms in total. The van der Waals surface area contributed by atoms with Gasteiger partial charge in [-0.3, -0.25) is 0 Å². The van der Waals surface area contributed by atoms with Crippen molar-refractivity contribution in [2.75, 3.05) is 0 Å². The summed E-state index contributed by atoms with van der Waals surface area (Å²) < 4.78 is 0. The summed E-state index contributed by atoms with van der Waals surface area (Å²) in [6.45, 7) is 2.69. The molecule has 2 aromatic carbocycles. The zero-order chi connectivity index (χ0) is 14.7. The van der Waals surface area contributed by atoms with Crippen molar-refractivity contribution in [3.8, 4) is 11.3 Å². The van der Waals surface area contributed by atoms with Gasteiger partial charge in [0.05, 0.1) is 10.7 Å². The first-order valence-electron chi connectivity index (χ1n) is 7.04. The van der Waals surface area contributed by atoms with Crippen LogP contribution in [0.5, 0.6) is 0 Å². The number of aromatic nitrogens is 1. The second kappa shape index (κ2) is 6.20. The van der Waals surface area contributed by atoms with Crippen LogP contribution in [0.25, 0.3) is 11.3 Å². The molecule has 0 amide bonds. The molecule has 0 saturated carbocycles. The second-order valence-corrected chi connectivity index (χ2v) is 6.13. The van der Waals surface area contributed by atoms with E-state index in [1.54, 1.807) is 11.3 Å². The Morgan fingerprint density at radius 1 is 0.952 bits per heavy atom. The van der Waals surface area contributed by atoms with Gasteiger partial charge in [0.1, 0.15) is 0 Å². The largest absolute Gasteiger partial charge is 0.326 e. The Morgan fingerprint density at radius 3 is 2.29 bits per heavy atom. The Labute approximate surface area is 129 Å². The summed E-state index contributed by atoms with van der Waals surface area (Å²) in [5, 5.41) is 3.28. The molecule has 0 atom stereocenters. The fourth-order valence-electron chi connectivity index (χ4n) is 2.22. The third kappa shape index (κ3) is 3.38. The Morgan fingerprint density at radius 2 is 1.62 bits per heavy atom. The monoisotopic (exact) mass is 294 g/mol. The SMILES string of the molecule is Cc1ccc(Cc2nc(-c3ccc(CN)cc3)cs2)cc1. The smallest absolute Gasteiger partial charge is 0.0976 e. The van der Waals surface area contributed by atoms with E-state index in [4.69, 9.17) is 10.7 Å². The predicted octanol–water partition coefficient (Wildman–Crippen LogP) is 4.17. The Hall–Kier alpha value is -1.97. The topological polar surface area (TPSA) is 38.9 Å². The highest BCUT2D eigenvalue weighted by Gasteiger charge is 2.05. The molecular weight excluding hydrogens is 276 g/mol. The van der Waals surface area contributed by atoms with Crippen molar-refractivity contribution in [3.63, 3.8) is 0 Å². The number of hydrogen-bond acceptors (Lipinski definition) is 3. The van der Waals surface area contributed by atoms with Gasteiger partial charge in [-0.15, -0.1) is 11.3 Å². The fraction of sp³-hybridized carbons (Fsp3) is 0.167. The fourth-order valence-corrected chi connectivity index (χ4v) is 3.05. The van der Waals surface area contributed by atoms with Gasteiger partial charge in [0, 0.05) is 23.9 Å². The maximum atomic E-state index is 5.63. The van der Waals surface area contributed by atoms with Gasteiger partial charge in [0.15, 0.2) is 0 Å². The molecule has 106 valence electrons. The third-order valence-electron chi connectivity index (χ3n) is 3.51. The summed E-state index contributed by atoms with van der Waals surface area (Å²) in [5.74, 6) is 0. The van der Waals surface area contributed by atoms with Gasteiger partial charge in [-0.25, -0.2) is 4.98 Å². The van der Waals surface area contributed by atoms with Crippen LogP contribution in [-0.4, -0.2) is 4.98 Å². The zero-order valence-electron chi connectivity index (χ0n) is 12.0. The quantitative estimate of drug-likeness (QED) is 0.784. The van der Waals surface area contributed by atoms with Crippen LogP contribution < -0.4 is 5.73 Å². The lowest BCUT2D eigenvalue weighted by Gasteiger charge is -2.00. The lowest BCUT2D eigenvalue weighted by Crippen LogP contribution is -1.95. The first-order valence-corrected chi connectivity index (χ1v) is 7.92. The van der Waals surface area contributed by atoms with Crippen LogP contribution in [0.2, 0.25) is 0 Å². The van der Waals surface area contributed by atoms with Crippen LogP contribution in [0.1, 0.15) is 21.7 Å². The summed E-state index contributed by atoms with van der Waals surface area (Å²) in [4.78, 5) is 4.74. The minimum atomic E-state index is 0.579. The minimum absolute atomic E-state index is 0.579. The van der Waals surface area contributed by atoms with Gasteiger partial charge in [0.2, 0.25) is 0 Å². The van der Waals surface area contributed by atoms with Gasteiger partial charge in [-0.1, -0.05) is 54.1 Å². The van der Waals surface area contributed by atoms with E-state index in [1.165, 1.54) is 11.1 Å². The van der Waals surface area contributed by atoms with E-state index in [0.717, 1.165) is 28.2 Å². The molecule has 3 rings (SSSR count). The molecule has 21 heavy (non-hydrogen) atoms. The van der Waals surface area contributed by atoms with Crippen LogP contribution in [0.3, 0.4) is 0 Å². The van der Waals surface area contributed by atoms with Crippen LogP contribution in [0, 0.1) is 6.92 Å². The molecule has 3 aromatic rings. The maximum absolute atomic E-state index is 5.63. The molecule has 0 radical (unpaired) electrons. The highest BCUT2D eigenvalue weighted by atomic mass is 32.1. The summed E-state index contributed by atoms with van der Waals surface area (Å²) in [6, 6.07) is 17.0. The van der Waals surface area contributed by atoms with E-state index < -0.39 is 0 Å². The molecule has 0 aliphatic heterocycles. The van der Waals surface area contributed by atoms with E-state index in [2.05, 4.69) is 60.8 Å². The highest BCUT2D eigenvalue weighted by Crippen LogP contribution is 2.24. The van der Waals surface area contributed by atoms with Crippen LogP contribution in [0.4, 0.5) is 0 Å². The summed E-state index contributed by atoms with van der Waals surface area (Å²) in [6.07, 6.45) is 0.895. The van der Waals surface area contributed by atoms with E-state index in [-0.39, 0.29) is 0 Å². The van der Waals surface area contributed by atoms with Crippen molar-refractivity contribution in [3.05, 3.63) is 75.6 Å². The average molecular weight is 294 g/mol. The number of hydrogen-bond donors (Lipinski definition) is 1. The minimum Gasteiger partial charge on any atom is -0.326 e. The van der Waals surface area contributed by atoms with Crippen LogP contribution in [-0.2, 0) is 13.0 Å². The molecule has 0 aliphatic carbocycles. The normalized spacial score (nSPS) is 10.8. The van der Waals surface area contributed by atoms with Gasteiger partial charge in [0.25, 0.3) is 0 Å². The first kappa shape index (κ1) is 14.0. The number of aryl methyl sites for hydroxylation is 1. The number of benzene rings is 2. The number of nitrogens with zero attached hydrogens (tertiary/aromatic N) is 1. The lowest BCUT2D eigenvalue weighted by atomic mass is 10.1. The molecule has 3 heteroatoms. The van der Waals surface area contributed by atoms with Gasteiger partial charge in [-0.2, -0.15) is 0 Å². The van der Waals surface area contributed by atoms with Gasteiger partial charge < -0.3 is 5.73 Å². The number of thiazole rings is 1. The Balaban J connectivity index is 1.77. The predicted molar refractivity (Wildman–Crippen MR) is 89.4 cm³/mol. The summed E-state index contributed by atoms with van der Waals surface area (Å²) in [5.41, 5.74) is 11.6. The average Bonchev–Trinajstić information content (AvgIpc) is 2.98. The molecule has 2 N–H and O–H groups in total. The molecule has 1 heterocycles. The van der Waals surface area contributed by atoms with Crippen molar-refractivity contribution in [1.29, 1.82) is 0 Å². The van der Waals surface area contributed by atoms with Gasteiger partial charge >= 0.3 is 0 Å². The van der Waals surface area contributed by atoms with Crippen molar-refractivity contribution < 1.29 is 0 Å². The third-order valence-corrected chi connectivity index (χ3v) is 4.36. The molecule has 0 fully saturated rings. The van der Waals surface area contributed by atoms with Crippen LogP contribution >= 0.6 is 11.3 Å². The van der Waals surface area contributed by atoms with Crippen molar-refractivity contribution in [2.45, 2.75) is 19.9 Å². The van der Waals surface area contributed by atoms with E-state index in [9.17, 15) is 0 Å². The lowest BCUT2D eigenvalue weighted by molar-refractivity contribution is 1.07. The zero-order valence-corrected chi connectivity index (χ0v) is 12.9. The Bertz CT molecular complexity index is 712. The molecule has 0 aliphatic rings. The van der Waals surface area contributed by atoms with E-state index in [1.807, 2.05) is 0 Å². The molecule has 0 saturated heterocycles. The van der Waals surface area contributed by atoms with Crippen molar-refractivity contribution in [1.82, 2.24) is 4.98 Å². The summed E-state index contributed by atoms with van der Waals surface area (Å²) >= 11 is 1.72. The van der Waals surface area contributed by atoms with Crippen molar-refractivity contribution >= 4 is 11.3 Å². The van der Waals surface area contributed by atoms with E-state index >= 15 is 0 Å². The van der Waals surface area contributed by atoms with Crippen molar-refractivity contribution in [2.24, 2.45) is 5.73 Å². The maximum Gasteiger partial charge on any atom is 0.0976 e. The standard InChI is InChI=1S/C18H18N2S/c1-13-2-4-14(5-3-13)10-18-20-17(12-21-18)16-8-6-15(11-19)7-9-16/h2-9,12H,10-11,19H2,1H3. The van der Waals surface area contributed by atoms with Crippen LogP contribution in [0.15, 0.2) is 53.9 Å². The molecule has 1 aromatic heterocycles. The summed E-state index contributed by atoms with van der Waals surface area (Å²) in [7, 11) is 0. The van der Waals surface area contributed by atoms with Gasteiger partial charge in [-0.05, 0) is 18.1 Å². The molecule has 0 unspecified atom stereocenters. The first-order chi connectivity index (χ1) is 10.2.